The van der Waals surface area contributed by atoms with Gasteiger partial charge in [-0.25, -0.2) is 8.42 Å². The second-order valence-corrected chi connectivity index (χ2v) is 8.38. The van der Waals surface area contributed by atoms with Gasteiger partial charge >= 0.3 is 15.5 Å². The third-order valence-electron chi connectivity index (χ3n) is 3.95. The highest BCUT2D eigenvalue weighted by atomic mass is 79.9. The number of halogens is 4. The minimum absolute atomic E-state index is 0.00164. The summed E-state index contributed by atoms with van der Waals surface area (Å²) >= 11 is 3.22. The number of nitro benzene ring substituents is 1. The minimum atomic E-state index is -5.28. The van der Waals surface area contributed by atoms with Crippen LogP contribution in [0.15, 0.2) is 22.7 Å². The molecule has 1 aliphatic heterocycles. The maximum Gasteiger partial charge on any atom is 0.511 e. The van der Waals surface area contributed by atoms with Gasteiger partial charge in [0.15, 0.2) is 0 Å². The van der Waals surface area contributed by atoms with Crippen LogP contribution < -0.4 is 5.32 Å². The lowest BCUT2D eigenvalue weighted by molar-refractivity contribution is -0.384. The molecule has 0 amide bonds. The highest BCUT2D eigenvalue weighted by Crippen LogP contribution is 2.31. The third kappa shape index (κ3) is 4.61. The van der Waals surface area contributed by atoms with Gasteiger partial charge in [-0.1, -0.05) is 0 Å². The van der Waals surface area contributed by atoms with E-state index in [-0.39, 0.29) is 24.7 Å². The molecule has 0 bridgehead atoms. The first-order valence-electron chi connectivity index (χ1n) is 7.26. The number of anilines is 1. The molecule has 1 aliphatic rings. The molecule has 1 fully saturated rings. The van der Waals surface area contributed by atoms with E-state index in [2.05, 4.69) is 21.2 Å². The van der Waals surface area contributed by atoms with Gasteiger partial charge in [0.25, 0.3) is 5.69 Å². The Morgan fingerprint density at radius 3 is 2.40 bits per heavy atom. The number of nitro groups is 1. The average Bonchev–Trinajstić information content (AvgIpc) is 2.53. The summed E-state index contributed by atoms with van der Waals surface area (Å²) in [5.41, 5.74) is -4.72. The zero-order chi connectivity index (χ0) is 18.8. The molecule has 25 heavy (non-hydrogen) atoms. The van der Waals surface area contributed by atoms with Gasteiger partial charge in [0.05, 0.1) is 4.92 Å². The fraction of sp³-hybridized carbons (Fsp3) is 0.538. The number of hydrogen-bond acceptors (Lipinski definition) is 5. The smallest absolute Gasteiger partial charge is 0.384 e. The molecular formula is C13H15BrF3N3O4S. The van der Waals surface area contributed by atoms with E-state index in [1.807, 2.05) is 0 Å². The number of nitrogens with zero attached hydrogens (tertiary/aromatic N) is 2. The zero-order valence-electron chi connectivity index (χ0n) is 12.8. The van der Waals surface area contributed by atoms with E-state index in [1.54, 1.807) is 0 Å². The van der Waals surface area contributed by atoms with E-state index in [4.69, 9.17) is 0 Å². The van der Waals surface area contributed by atoms with Gasteiger partial charge in [0.2, 0.25) is 0 Å². The van der Waals surface area contributed by atoms with Crippen LogP contribution in [0.25, 0.3) is 0 Å². The maximum atomic E-state index is 12.5. The SMILES string of the molecule is O=[N+]([O-])c1ccc(NCC2CCN(S(=O)(=O)C(F)(F)F)CC2)c(Br)c1. The topological polar surface area (TPSA) is 92.6 Å². The number of hydrogen-bond donors (Lipinski definition) is 1. The summed E-state index contributed by atoms with van der Waals surface area (Å²) in [6.45, 7) is 0.0571. The fourth-order valence-electron chi connectivity index (χ4n) is 2.52. The molecule has 7 nitrogen and oxygen atoms in total. The van der Waals surface area contributed by atoms with Gasteiger partial charge < -0.3 is 5.32 Å². The first-order valence-corrected chi connectivity index (χ1v) is 9.50. The first kappa shape index (κ1) is 19.9. The van der Waals surface area contributed by atoms with E-state index in [9.17, 15) is 31.7 Å². The number of benzene rings is 1. The molecule has 2 rings (SSSR count). The molecule has 0 saturated carbocycles. The summed E-state index contributed by atoms with van der Waals surface area (Å²) in [6.07, 6.45) is 0.597. The summed E-state index contributed by atoms with van der Waals surface area (Å²) in [7, 11) is -5.27. The van der Waals surface area contributed by atoms with Crippen LogP contribution in [0.1, 0.15) is 12.8 Å². The molecule has 1 aromatic rings. The number of nitrogens with one attached hydrogen (secondary N) is 1. The predicted molar refractivity (Wildman–Crippen MR) is 88.6 cm³/mol. The zero-order valence-corrected chi connectivity index (χ0v) is 15.2. The van der Waals surface area contributed by atoms with Gasteiger partial charge in [0.1, 0.15) is 0 Å². The minimum Gasteiger partial charge on any atom is -0.384 e. The van der Waals surface area contributed by atoms with Crippen molar-refractivity contribution < 1.29 is 26.5 Å². The van der Waals surface area contributed by atoms with Gasteiger partial charge in [-0.05, 0) is 40.8 Å². The molecule has 0 atom stereocenters. The lowest BCUT2D eigenvalue weighted by atomic mass is 9.98. The van der Waals surface area contributed by atoms with Gasteiger partial charge in [-0.2, -0.15) is 17.5 Å². The number of non-ortho nitro benzene ring substituents is 1. The van der Waals surface area contributed by atoms with Crippen LogP contribution in [0.5, 0.6) is 0 Å². The van der Waals surface area contributed by atoms with Gasteiger partial charge in [0, 0.05) is 41.9 Å². The van der Waals surface area contributed by atoms with E-state index in [1.165, 1.54) is 18.2 Å². The third-order valence-corrected chi connectivity index (χ3v) is 6.24. The van der Waals surface area contributed by atoms with Crippen LogP contribution >= 0.6 is 15.9 Å². The normalized spacial score (nSPS) is 17.4. The first-order chi connectivity index (χ1) is 11.5. The Morgan fingerprint density at radius 1 is 1.32 bits per heavy atom. The molecule has 0 spiro atoms. The Hall–Kier alpha value is -1.40. The quantitative estimate of drug-likeness (QED) is 0.554. The lowest BCUT2D eigenvalue weighted by Gasteiger charge is -2.31. The van der Waals surface area contributed by atoms with Crippen LogP contribution in [0, 0.1) is 16.0 Å². The molecule has 1 aromatic carbocycles. The average molecular weight is 446 g/mol. The summed E-state index contributed by atoms with van der Waals surface area (Å²) in [4.78, 5) is 10.2. The fourth-order valence-corrected chi connectivity index (χ4v) is 4.01. The van der Waals surface area contributed by atoms with E-state index < -0.39 is 20.5 Å². The van der Waals surface area contributed by atoms with Crippen LogP contribution in [0.3, 0.4) is 0 Å². The van der Waals surface area contributed by atoms with Crippen molar-refractivity contribution in [2.75, 3.05) is 25.0 Å². The van der Waals surface area contributed by atoms with Crippen molar-refractivity contribution in [3.8, 4) is 0 Å². The lowest BCUT2D eigenvalue weighted by Crippen LogP contribution is -2.45. The Labute approximate surface area is 150 Å². The van der Waals surface area contributed by atoms with Gasteiger partial charge in [-0.15, -0.1) is 0 Å². The van der Waals surface area contributed by atoms with Crippen molar-refractivity contribution in [1.82, 2.24) is 4.31 Å². The number of alkyl halides is 3. The van der Waals surface area contributed by atoms with Gasteiger partial charge in [-0.3, -0.25) is 10.1 Å². The van der Waals surface area contributed by atoms with E-state index in [0.717, 1.165) is 0 Å². The summed E-state index contributed by atoms with van der Waals surface area (Å²) < 4.78 is 61.2. The molecule has 1 heterocycles. The molecular weight excluding hydrogens is 431 g/mol. The Balaban J connectivity index is 1.90. The molecule has 0 unspecified atom stereocenters. The summed E-state index contributed by atoms with van der Waals surface area (Å²) in [6, 6.07) is 4.22. The highest BCUT2D eigenvalue weighted by Gasteiger charge is 2.50. The van der Waals surface area contributed by atoms with E-state index >= 15 is 0 Å². The molecule has 1 saturated heterocycles. The van der Waals surface area contributed by atoms with Crippen molar-refractivity contribution >= 4 is 37.3 Å². The largest absolute Gasteiger partial charge is 0.511 e. The Bertz CT molecular complexity index is 749. The Kier molecular flexibility index (Phi) is 5.94. The second kappa shape index (κ2) is 7.46. The Morgan fingerprint density at radius 2 is 1.92 bits per heavy atom. The molecule has 0 aliphatic carbocycles. The molecule has 0 radical (unpaired) electrons. The molecule has 0 aromatic heterocycles. The van der Waals surface area contributed by atoms with Crippen LogP contribution in [0.4, 0.5) is 24.5 Å². The number of piperidine rings is 1. The standard InChI is InChI=1S/C13H15BrF3N3O4S/c14-11-7-10(20(21)22)1-2-12(11)18-8-9-3-5-19(6-4-9)25(23,24)13(15,16)17/h1-2,7,9,18H,3-6,8H2. The van der Waals surface area contributed by atoms with Crippen molar-refractivity contribution in [3.05, 3.63) is 32.8 Å². The van der Waals surface area contributed by atoms with Crippen molar-refractivity contribution in [1.29, 1.82) is 0 Å². The molecule has 12 heteroatoms. The van der Waals surface area contributed by atoms with E-state index in [0.29, 0.717) is 33.9 Å². The predicted octanol–water partition coefficient (Wildman–Crippen LogP) is 3.33. The number of rotatable bonds is 5. The van der Waals surface area contributed by atoms with Crippen molar-refractivity contribution in [2.24, 2.45) is 5.92 Å². The summed E-state index contributed by atoms with van der Waals surface area (Å²) in [5.74, 6) is 0.00164. The highest BCUT2D eigenvalue weighted by molar-refractivity contribution is 9.10. The number of sulfonamides is 1. The van der Waals surface area contributed by atoms with Crippen molar-refractivity contribution in [3.63, 3.8) is 0 Å². The molecule has 1 N–H and O–H groups in total. The van der Waals surface area contributed by atoms with Crippen molar-refractivity contribution in [2.45, 2.75) is 18.3 Å². The summed E-state index contributed by atoms with van der Waals surface area (Å²) in [5, 5.41) is 13.8. The maximum absolute atomic E-state index is 12.5. The second-order valence-electron chi connectivity index (χ2n) is 5.60. The molecule has 140 valence electrons. The van der Waals surface area contributed by atoms with Crippen LogP contribution in [0.2, 0.25) is 0 Å². The monoisotopic (exact) mass is 445 g/mol. The van der Waals surface area contributed by atoms with Crippen LogP contribution in [-0.4, -0.2) is 42.8 Å². The van der Waals surface area contributed by atoms with Crippen LogP contribution in [-0.2, 0) is 10.0 Å².